The molecule has 2 rings (SSSR count). The third-order valence-electron chi connectivity index (χ3n) is 5.10. The second-order valence-electron chi connectivity index (χ2n) is 6.22. The van der Waals surface area contributed by atoms with Gasteiger partial charge in [-0.25, -0.2) is 0 Å². The smallest absolute Gasteiger partial charge is 0.230 e. The van der Waals surface area contributed by atoms with E-state index in [0.717, 1.165) is 12.3 Å². The number of hydrogen-bond acceptors (Lipinski definition) is 3. The summed E-state index contributed by atoms with van der Waals surface area (Å²) in [5, 5.41) is 3.21. The lowest BCUT2D eigenvalue weighted by Gasteiger charge is -2.29. The van der Waals surface area contributed by atoms with E-state index in [1.54, 1.807) is 0 Å². The predicted octanol–water partition coefficient (Wildman–Crippen LogP) is 1.29. The first-order valence-electron chi connectivity index (χ1n) is 7.13. The fourth-order valence-electron chi connectivity index (χ4n) is 3.28. The van der Waals surface area contributed by atoms with Gasteiger partial charge in [-0.1, -0.05) is 20.3 Å². The zero-order valence-electron chi connectivity index (χ0n) is 11.7. The summed E-state index contributed by atoms with van der Waals surface area (Å²) >= 11 is 0. The standard InChI is InChI=1S/C14H26N2O2/c1-4-10-5-6-11(9(10)2)16-13(17)14(3)8-18-7-12(14)15/h9-12H,4-8,15H2,1-3H3,(H,16,17). The molecule has 1 aliphatic carbocycles. The van der Waals surface area contributed by atoms with Gasteiger partial charge in [0.15, 0.2) is 0 Å². The maximum Gasteiger partial charge on any atom is 0.230 e. The highest BCUT2D eigenvalue weighted by Gasteiger charge is 2.46. The van der Waals surface area contributed by atoms with Gasteiger partial charge in [-0.15, -0.1) is 0 Å². The Hall–Kier alpha value is -0.610. The molecule has 5 atom stereocenters. The maximum atomic E-state index is 12.4. The van der Waals surface area contributed by atoms with Crippen LogP contribution in [0.2, 0.25) is 0 Å². The van der Waals surface area contributed by atoms with E-state index in [9.17, 15) is 4.79 Å². The van der Waals surface area contributed by atoms with Crippen molar-refractivity contribution in [2.45, 2.75) is 52.1 Å². The third-order valence-corrected chi connectivity index (χ3v) is 5.10. The molecule has 3 N–H and O–H groups in total. The third kappa shape index (κ3) is 2.28. The quantitative estimate of drug-likeness (QED) is 0.797. The van der Waals surface area contributed by atoms with Gasteiger partial charge < -0.3 is 15.8 Å². The van der Waals surface area contributed by atoms with Crippen LogP contribution < -0.4 is 11.1 Å². The minimum atomic E-state index is -0.552. The summed E-state index contributed by atoms with van der Waals surface area (Å²) in [6, 6.07) is 0.128. The summed E-state index contributed by atoms with van der Waals surface area (Å²) in [6.07, 6.45) is 3.52. The van der Waals surface area contributed by atoms with Gasteiger partial charge in [-0.05, 0) is 31.6 Å². The Morgan fingerprint density at radius 3 is 2.72 bits per heavy atom. The molecule has 4 nitrogen and oxygen atoms in total. The van der Waals surface area contributed by atoms with Crippen LogP contribution >= 0.6 is 0 Å². The van der Waals surface area contributed by atoms with Crippen LogP contribution in [0, 0.1) is 17.3 Å². The Kier molecular flexibility index (Phi) is 3.97. The van der Waals surface area contributed by atoms with Gasteiger partial charge in [-0.2, -0.15) is 0 Å². The van der Waals surface area contributed by atoms with Crippen LogP contribution in [-0.4, -0.2) is 31.2 Å². The molecule has 5 unspecified atom stereocenters. The van der Waals surface area contributed by atoms with Crippen molar-refractivity contribution in [3.63, 3.8) is 0 Å². The zero-order chi connectivity index (χ0) is 13.3. The van der Waals surface area contributed by atoms with Crippen LogP contribution in [0.25, 0.3) is 0 Å². The first kappa shape index (κ1) is 13.8. The SMILES string of the molecule is CCC1CCC(NC(=O)C2(C)COCC2N)C1C. The summed E-state index contributed by atoms with van der Waals surface area (Å²) in [4.78, 5) is 12.4. The Bertz CT molecular complexity index is 321. The zero-order valence-corrected chi connectivity index (χ0v) is 11.7. The number of nitrogens with one attached hydrogen (secondary N) is 1. The van der Waals surface area contributed by atoms with E-state index in [1.165, 1.54) is 12.8 Å². The van der Waals surface area contributed by atoms with Crippen molar-refractivity contribution >= 4 is 5.91 Å². The van der Waals surface area contributed by atoms with Gasteiger partial charge >= 0.3 is 0 Å². The summed E-state index contributed by atoms with van der Waals surface area (Å²) in [5.74, 6) is 1.39. The molecule has 2 aliphatic rings. The molecule has 4 heteroatoms. The van der Waals surface area contributed by atoms with Gasteiger partial charge in [0.1, 0.15) is 0 Å². The van der Waals surface area contributed by atoms with E-state index >= 15 is 0 Å². The normalized spacial score (nSPS) is 44.2. The molecule has 104 valence electrons. The lowest BCUT2D eigenvalue weighted by Crippen LogP contribution is -2.53. The Morgan fingerprint density at radius 1 is 1.50 bits per heavy atom. The van der Waals surface area contributed by atoms with Crippen molar-refractivity contribution in [1.29, 1.82) is 0 Å². The highest BCUT2D eigenvalue weighted by molar-refractivity contribution is 5.84. The summed E-state index contributed by atoms with van der Waals surface area (Å²) < 4.78 is 5.34. The van der Waals surface area contributed by atoms with E-state index in [-0.39, 0.29) is 11.9 Å². The van der Waals surface area contributed by atoms with Crippen LogP contribution in [0.3, 0.4) is 0 Å². The first-order chi connectivity index (χ1) is 8.49. The number of nitrogens with two attached hydrogens (primary N) is 1. The minimum Gasteiger partial charge on any atom is -0.379 e. The van der Waals surface area contributed by atoms with Crippen LogP contribution in [0.4, 0.5) is 0 Å². The van der Waals surface area contributed by atoms with Gasteiger partial charge in [-0.3, -0.25) is 4.79 Å². The van der Waals surface area contributed by atoms with Gasteiger partial charge in [0.05, 0.1) is 18.6 Å². The van der Waals surface area contributed by atoms with E-state index < -0.39 is 5.41 Å². The van der Waals surface area contributed by atoms with E-state index in [2.05, 4.69) is 19.2 Å². The minimum absolute atomic E-state index is 0.0705. The van der Waals surface area contributed by atoms with E-state index in [1.807, 2.05) is 6.92 Å². The summed E-state index contributed by atoms with van der Waals surface area (Å²) in [6.45, 7) is 7.32. The Labute approximate surface area is 110 Å². The highest BCUT2D eigenvalue weighted by Crippen LogP contribution is 2.35. The molecular formula is C14H26N2O2. The summed E-state index contributed by atoms with van der Waals surface area (Å²) in [5.41, 5.74) is 5.44. The molecule has 1 aliphatic heterocycles. The fourth-order valence-corrected chi connectivity index (χ4v) is 3.28. The highest BCUT2D eigenvalue weighted by atomic mass is 16.5. The largest absolute Gasteiger partial charge is 0.379 e. The maximum absolute atomic E-state index is 12.4. The molecule has 0 spiro atoms. The number of carbonyl (C=O) groups excluding carboxylic acids is 1. The Morgan fingerprint density at radius 2 is 2.22 bits per heavy atom. The van der Waals surface area contributed by atoms with E-state index in [0.29, 0.717) is 25.2 Å². The second-order valence-corrected chi connectivity index (χ2v) is 6.22. The molecule has 0 aromatic heterocycles. The van der Waals surface area contributed by atoms with Crippen molar-refractivity contribution in [3.05, 3.63) is 0 Å². The molecule has 1 heterocycles. The van der Waals surface area contributed by atoms with Crippen LogP contribution in [-0.2, 0) is 9.53 Å². The molecule has 2 fully saturated rings. The van der Waals surface area contributed by atoms with E-state index in [4.69, 9.17) is 10.5 Å². The van der Waals surface area contributed by atoms with Crippen LogP contribution in [0.5, 0.6) is 0 Å². The molecule has 1 saturated carbocycles. The van der Waals surface area contributed by atoms with Crippen molar-refractivity contribution in [2.24, 2.45) is 23.0 Å². The topological polar surface area (TPSA) is 64.3 Å². The molecule has 18 heavy (non-hydrogen) atoms. The molecule has 0 radical (unpaired) electrons. The van der Waals surface area contributed by atoms with Gasteiger partial charge in [0.2, 0.25) is 5.91 Å². The van der Waals surface area contributed by atoms with Gasteiger partial charge in [0.25, 0.3) is 0 Å². The lowest BCUT2D eigenvalue weighted by molar-refractivity contribution is -0.131. The Balaban J connectivity index is 1.96. The molecule has 1 amide bonds. The monoisotopic (exact) mass is 254 g/mol. The van der Waals surface area contributed by atoms with Crippen molar-refractivity contribution in [1.82, 2.24) is 5.32 Å². The number of amides is 1. The summed E-state index contributed by atoms with van der Waals surface area (Å²) in [7, 11) is 0. The second kappa shape index (κ2) is 5.17. The average Bonchev–Trinajstić information content (AvgIpc) is 2.86. The molecular weight excluding hydrogens is 228 g/mol. The number of ether oxygens (including phenoxy) is 1. The molecule has 1 saturated heterocycles. The number of carbonyl (C=O) groups is 1. The van der Waals surface area contributed by atoms with Crippen molar-refractivity contribution < 1.29 is 9.53 Å². The van der Waals surface area contributed by atoms with Gasteiger partial charge in [0, 0.05) is 12.1 Å². The van der Waals surface area contributed by atoms with Crippen molar-refractivity contribution in [2.75, 3.05) is 13.2 Å². The molecule has 0 aromatic rings. The molecule has 0 aromatic carbocycles. The van der Waals surface area contributed by atoms with Crippen molar-refractivity contribution in [3.8, 4) is 0 Å². The molecule has 0 bridgehead atoms. The lowest BCUT2D eigenvalue weighted by atomic mass is 9.84. The first-order valence-corrected chi connectivity index (χ1v) is 7.13. The average molecular weight is 254 g/mol. The van der Waals surface area contributed by atoms with Crippen LogP contribution in [0.1, 0.15) is 40.0 Å². The number of rotatable bonds is 3. The fraction of sp³-hybridized carbons (Fsp3) is 0.929. The van der Waals surface area contributed by atoms with Crippen LogP contribution in [0.15, 0.2) is 0 Å². The predicted molar refractivity (Wildman–Crippen MR) is 71.0 cm³/mol. The number of hydrogen-bond donors (Lipinski definition) is 2.